The monoisotopic (exact) mass is 172 g/mol. The molecule has 0 saturated carbocycles. The molecule has 3 heteroatoms. The van der Waals surface area contributed by atoms with Crippen molar-refractivity contribution >= 4 is 11.9 Å². The minimum absolute atomic E-state index is 0.0450. The second kappa shape index (κ2) is 3.60. The number of aliphatic hydroxyl groups is 1. The van der Waals surface area contributed by atoms with Crippen LogP contribution in [0.3, 0.4) is 0 Å². The average Bonchev–Trinajstić information content (AvgIpc) is 2.04. The maximum atomic E-state index is 8.75. The molecule has 0 amide bonds. The molecule has 0 spiro atoms. The molecular formula is C8H9ClO2. The summed E-state index contributed by atoms with van der Waals surface area (Å²) in [5.41, 5.74) is 1.78. The summed E-state index contributed by atoms with van der Waals surface area (Å²) in [6.45, 7) is 1.92. The highest BCUT2D eigenvalue weighted by Gasteiger charge is 1.98. The molecule has 1 rings (SSSR count). The lowest BCUT2D eigenvalue weighted by Crippen LogP contribution is -1.86. The number of hydrogen-bond acceptors (Lipinski definition) is 2. The quantitative estimate of drug-likeness (QED) is 0.740. The van der Waals surface area contributed by atoms with E-state index in [-0.39, 0.29) is 6.61 Å². The van der Waals surface area contributed by atoms with E-state index >= 15 is 0 Å². The van der Waals surface area contributed by atoms with Gasteiger partial charge in [-0.25, -0.2) is 0 Å². The first-order chi connectivity index (χ1) is 5.27. The van der Waals surface area contributed by atoms with Crippen molar-refractivity contribution in [2.24, 2.45) is 0 Å². The first-order valence-electron chi connectivity index (χ1n) is 3.27. The Kier molecular flexibility index (Phi) is 2.74. The molecule has 0 saturated heterocycles. The van der Waals surface area contributed by atoms with E-state index in [0.29, 0.717) is 5.75 Å². The van der Waals surface area contributed by atoms with Crippen LogP contribution in [-0.2, 0) is 6.61 Å². The largest absolute Gasteiger partial charge is 0.392 e. The van der Waals surface area contributed by atoms with Crippen LogP contribution in [0.25, 0.3) is 0 Å². The van der Waals surface area contributed by atoms with Crippen molar-refractivity contribution in [2.75, 3.05) is 0 Å². The Morgan fingerprint density at radius 3 is 2.73 bits per heavy atom. The summed E-state index contributed by atoms with van der Waals surface area (Å²) in [4.78, 5) is 0. The second-order valence-corrected chi connectivity index (χ2v) is 2.49. The molecule has 0 radical (unpaired) electrons. The first-order valence-corrected chi connectivity index (χ1v) is 3.57. The summed E-state index contributed by atoms with van der Waals surface area (Å²) in [6, 6.07) is 5.33. The van der Waals surface area contributed by atoms with Crippen molar-refractivity contribution in [3.63, 3.8) is 0 Å². The van der Waals surface area contributed by atoms with E-state index in [1.807, 2.05) is 13.0 Å². The smallest absolute Gasteiger partial charge is 0.149 e. The van der Waals surface area contributed by atoms with Crippen LogP contribution in [0, 0.1) is 6.92 Å². The van der Waals surface area contributed by atoms with Gasteiger partial charge in [0.15, 0.2) is 0 Å². The molecule has 0 bridgehead atoms. The Bertz CT molecular complexity index is 248. The van der Waals surface area contributed by atoms with E-state index < -0.39 is 0 Å². The Morgan fingerprint density at radius 2 is 2.27 bits per heavy atom. The summed E-state index contributed by atoms with van der Waals surface area (Å²) >= 11 is 5.17. The number of rotatable bonds is 2. The summed E-state index contributed by atoms with van der Waals surface area (Å²) in [5, 5.41) is 8.75. The van der Waals surface area contributed by atoms with Crippen molar-refractivity contribution < 1.29 is 9.40 Å². The molecule has 0 unspecified atom stereocenters. The van der Waals surface area contributed by atoms with Gasteiger partial charge in [-0.05, 0) is 24.1 Å². The Balaban J connectivity index is 2.99. The van der Waals surface area contributed by atoms with Gasteiger partial charge >= 0.3 is 0 Å². The van der Waals surface area contributed by atoms with Gasteiger partial charge in [0.1, 0.15) is 17.6 Å². The van der Waals surface area contributed by atoms with E-state index in [1.54, 1.807) is 12.1 Å². The molecule has 0 atom stereocenters. The highest BCUT2D eigenvalue weighted by atomic mass is 35.5. The van der Waals surface area contributed by atoms with E-state index in [0.717, 1.165) is 11.1 Å². The van der Waals surface area contributed by atoms with Crippen LogP contribution in [0.2, 0.25) is 0 Å². The fraction of sp³-hybridized carbons (Fsp3) is 0.250. The van der Waals surface area contributed by atoms with Crippen LogP contribution >= 0.6 is 11.9 Å². The topological polar surface area (TPSA) is 29.5 Å². The number of aliphatic hydroxyl groups excluding tert-OH is 1. The number of aryl methyl sites for hydroxylation is 1. The Labute approximate surface area is 70.5 Å². The van der Waals surface area contributed by atoms with E-state index in [4.69, 9.17) is 17.0 Å². The molecule has 0 heterocycles. The van der Waals surface area contributed by atoms with Crippen LogP contribution in [0.5, 0.6) is 5.75 Å². The maximum Gasteiger partial charge on any atom is 0.149 e. The van der Waals surface area contributed by atoms with Gasteiger partial charge in [0.05, 0.1) is 6.61 Å². The number of hydrogen-bond donors (Lipinski definition) is 1. The minimum atomic E-state index is 0.0450. The van der Waals surface area contributed by atoms with Crippen LogP contribution in [0.1, 0.15) is 11.1 Å². The molecule has 0 fully saturated rings. The van der Waals surface area contributed by atoms with Gasteiger partial charge in [-0.2, -0.15) is 0 Å². The van der Waals surface area contributed by atoms with Gasteiger partial charge in [0.2, 0.25) is 0 Å². The Morgan fingerprint density at radius 1 is 1.55 bits per heavy atom. The molecule has 60 valence electrons. The van der Waals surface area contributed by atoms with Crippen LogP contribution in [0.4, 0.5) is 0 Å². The average molecular weight is 173 g/mol. The molecular weight excluding hydrogens is 164 g/mol. The van der Waals surface area contributed by atoms with Crippen LogP contribution in [-0.4, -0.2) is 5.11 Å². The third kappa shape index (κ3) is 1.85. The molecule has 0 aliphatic rings. The van der Waals surface area contributed by atoms with Crippen molar-refractivity contribution in [2.45, 2.75) is 13.5 Å². The normalized spacial score (nSPS) is 9.73. The van der Waals surface area contributed by atoms with Crippen molar-refractivity contribution in [3.05, 3.63) is 29.3 Å². The summed E-state index contributed by atoms with van der Waals surface area (Å²) in [7, 11) is 0. The zero-order valence-electron chi connectivity index (χ0n) is 6.17. The van der Waals surface area contributed by atoms with E-state index in [1.165, 1.54) is 0 Å². The van der Waals surface area contributed by atoms with Gasteiger partial charge < -0.3 is 9.40 Å². The molecule has 2 nitrogen and oxygen atoms in total. The lowest BCUT2D eigenvalue weighted by Gasteiger charge is -2.02. The highest BCUT2D eigenvalue weighted by Crippen LogP contribution is 2.19. The van der Waals surface area contributed by atoms with E-state index in [2.05, 4.69) is 4.29 Å². The van der Waals surface area contributed by atoms with Crippen LogP contribution in [0.15, 0.2) is 18.2 Å². The van der Waals surface area contributed by atoms with Crippen molar-refractivity contribution in [1.29, 1.82) is 0 Å². The number of benzene rings is 1. The zero-order valence-corrected chi connectivity index (χ0v) is 6.93. The van der Waals surface area contributed by atoms with Gasteiger partial charge in [-0.1, -0.05) is 12.1 Å². The molecule has 0 aromatic heterocycles. The molecule has 1 aromatic carbocycles. The molecule has 11 heavy (non-hydrogen) atoms. The lowest BCUT2D eigenvalue weighted by atomic mass is 10.1. The third-order valence-electron chi connectivity index (χ3n) is 1.51. The summed E-state index contributed by atoms with van der Waals surface area (Å²) in [6.07, 6.45) is 0. The van der Waals surface area contributed by atoms with Gasteiger partial charge in [0.25, 0.3) is 0 Å². The fourth-order valence-corrected chi connectivity index (χ4v) is 1.07. The summed E-state index contributed by atoms with van der Waals surface area (Å²) in [5.74, 6) is 0.629. The SMILES string of the molecule is Cc1cc(CO)ccc1OCl. The van der Waals surface area contributed by atoms with E-state index in [9.17, 15) is 0 Å². The summed E-state index contributed by atoms with van der Waals surface area (Å²) < 4.78 is 4.54. The number of halogens is 1. The van der Waals surface area contributed by atoms with Gasteiger partial charge in [-0.3, -0.25) is 0 Å². The first kappa shape index (κ1) is 8.37. The predicted octanol–water partition coefficient (Wildman–Crippen LogP) is 2.02. The minimum Gasteiger partial charge on any atom is -0.392 e. The van der Waals surface area contributed by atoms with Gasteiger partial charge in [-0.15, -0.1) is 0 Å². The van der Waals surface area contributed by atoms with Crippen LogP contribution < -0.4 is 4.29 Å². The Hall–Kier alpha value is -0.730. The fourth-order valence-electron chi connectivity index (χ4n) is 0.896. The van der Waals surface area contributed by atoms with Crippen molar-refractivity contribution in [3.8, 4) is 5.75 Å². The molecule has 0 aliphatic carbocycles. The predicted molar refractivity (Wildman–Crippen MR) is 43.6 cm³/mol. The zero-order chi connectivity index (χ0) is 8.27. The maximum absolute atomic E-state index is 8.75. The molecule has 0 aliphatic heterocycles. The van der Waals surface area contributed by atoms with Crippen molar-refractivity contribution in [1.82, 2.24) is 0 Å². The highest BCUT2D eigenvalue weighted by molar-refractivity contribution is 6.09. The molecule has 1 aromatic rings. The van der Waals surface area contributed by atoms with Gasteiger partial charge in [0, 0.05) is 0 Å². The second-order valence-electron chi connectivity index (χ2n) is 2.34. The lowest BCUT2D eigenvalue weighted by molar-refractivity contribution is 0.281. The standard InChI is InChI=1S/C8H9ClO2/c1-6-4-7(5-10)2-3-8(6)11-9/h2-4,10H,5H2,1H3. The third-order valence-corrected chi connectivity index (χ3v) is 1.67. The molecule has 1 N–H and O–H groups in total.